The zero-order valence-electron chi connectivity index (χ0n) is 11.3. The molecule has 1 unspecified atom stereocenters. The summed E-state index contributed by atoms with van der Waals surface area (Å²) in [6.45, 7) is 1.01. The predicted molar refractivity (Wildman–Crippen MR) is 79.9 cm³/mol. The van der Waals surface area contributed by atoms with Gasteiger partial charge in [0.1, 0.15) is 4.90 Å². The van der Waals surface area contributed by atoms with Gasteiger partial charge in [-0.25, -0.2) is 13.1 Å². The van der Waals surface area contributed by atoms with E-state index in [2.05, 4.69) is 10.0 Å². The molecule has 1 saturated heterocycles. The lowest BCUT2D eigenvalue weighted by atomic mass is 10.2. The van der Waals surface area contributed by atoms with Crippen molar-refractivity contribution in [1.82, 2.24) is 10.0 Å². The number of hydrogen-bond acceptors (Lipinski definition) is 3. The van der Waals surface area contributed by atoms with Crippen molar-refractivity contribution in [2.24, 2.45) is 0 Å². The van der Waals surface area contributed by atoms with Gasteiger partial charge in [-0.05, 0) is 37.6 Å². The Hall–Kier alpha value is -0.540. The predicted octanol–water partition coefficient (Wildman–Crippen LogP) is 2.81. The van der Waals surface area contributed by atoms with Crippen LogP contribution in [0.2, 0.25) is 5.02 Å². The summed E-state index contributed by atoms with van der Waals surface area (Å²) in [6.07, 6.45) is -2.75. The van der Waals surface area contributed by atoms with Crippen LogP contribution in [0.15, 0.2) is 23.1 Å². The molecule has 1 atom stereocenters. The fourth-order valence-electron chi connectivity index (χ4n) is 2.11. The minimum atomic E-state index is -4.56. The topological polar surface area (TPSA) is 58.2 Å². The summed E-state index contributed by atoms with van der Waals surface area (Å²) in [6, 6.07) is 2.22. The number of hydrogen-bond donors (Lipinski definition) is 2. The van der Waals surface area contributed by atoms with Crippen LogP contribution in [0.5, 0.6) is 0 Å². The zero-order valence-corrected chi connectivity index (χ0v) is 13.7. The van der Waals surface area contributed by atoms with Crippen LogP contribution in [0.4, 0.5) is 13.2 Å². The maximum atomic E-state index is 12.5. The molecule has 2 N–H and O–H groups in total. The molecule has 0 aliphatic carbocycles. The number of rotatable bonds is 4. The second-order valence-electron chi connectivity index (χ2n) is 4.79. The minimum absolute atomic E-state index is 0. The van der Waals surface area contributed by atoms with E-state index in [1.165, 1.54) is 0 Å². The molecule has 0 amide bonds. The van der Waals surface area contributed by atoms with Crippen molar-refractivity contribution >= 4 is 34.0 Å². The monoisotopic (exact) mass is 378 g/mol. The van der Waals surface area contributed by atoms with Gasteiger partial charge in [-0.1, -0.05) is 11.6 Å². The lowest BCUT2D eigenvalue weighted by Gasteiger charge is -2.14. The average molecular weight is 379 g/mol. The molecule has 10 heteroatoms. The lowest BCUT2D eigenvalue weighted by Crippen LogP contribution is -2.37. The Morgan fingerprint density at radius 3 is 2.55 bits per heavy atom. The van der Waals surface area contributed by atoms with E-state index in [1.54, 1.807) is 0 Å². The maximum Gasteiger partial charge on any atom is 0.416 e. The number of halogens is 5. The van der Waals surface area contributed by atoms with Gasteiger partial charge in [0.25, 0.3) is 0 Å². The second kappa shape index (κ2) is 7.35. The maximum absolute atomic E-state index is 12.5. The largest absolute Gasteiger partial charge is 0.416 e. The summed E-state index contributed by atoms with van der Waals surface area (Å²) in [4.78, 5) is -0.352. The van der Waals surface area contributed by atoms with Crippen LogP contribution < -0.4 is 10.0 Å². The van der Waals surface area contributed by atoms with Gasteiger partial charge in [-0.15, -0.1) is 12.4 Å². The molecule has 126 valence electrons. The van der Waals surface area contributed by atoms with E-state index in [9.17, 15) is 21.6 Å². The summed E-state index contributed by atoms with van der Waals surface area (Å²) >= 11 is 5.68. The van der Waals surface area contributed by atoms with Crippen molar-refractivity contribution in [3.8, 4) is 0 Å². The van der Waals surface area contributed by atoms with E-state index in [0.717, 1.165) is 25.5 Å². The van der Waals surface area contributed by atoms with Gasteiger partial charge in [0.05, 0.1) is 10.6 Å². The van der Waals surface area contributed by atoms with Crippen molar-refractivity contribution in [1.29, 1.82) is 0 Å². The van der Waals surface area contributed by atoms with Crippen molar-refractivity contribution in [2.75, 3.05) is 13.1 Å². The molecule has 0 aromatic heterocycles. The Morgan fingerprint density at radius 2 is 2.05 bits per heavy atom. The van der Waals surface area contributed by atoms with Gasteiger partial charge in [0.2, 0.25) is 10.0 Å². The summed E-state index contributed by atoms with van der Waals surface area (Å²) < 4.78 is 64.0. The fraction of sp³-hybridized carbons (Fsp3) is 0.500. The van der Waals surface area contributed by atoms with Gasteiger partial charge >= 0.3 is 6.18 Å². The van der Waals surface area contributed by atoms with E-state index in [1.807, 2.05) is 0 Å². The van der Waals surface area contributed by atoms with E-state index < -0.39 is 26.8 Å². The molecule has 0 spiro atoms. The van der Waals surface area contributed by atoms with Crippen molar-refractivity contribution < 1.29 is 21.6 Å². The van der Waals surface area contributed by atoms with Crippen LogP contribution in [-0.4, -0.2) is 27.5 Å². The summed E-state index contributed by atoms with van der Waals surface area (Å²) in [5, 5.41) is 2.67. The minimum Gasteiger partial charge on any atom is -0.313 e. The van der Waals surface area contributed by atoms with E-state index in [-0.39, 0.29) is 29.9 Å². The number of nitrogens with one attached hydrogen (secondary N) is 2. The molecule has 1 aliphatic rings. The molecule has 1 fully saturated rings. The quantitative estimate of drug-likeness (QED) is 0.846. The van der Waals surface area contributed by atoms with Gasteiger partial charge in [0.15, 0.2) is 0 Å². The number of sulfonamides is 1. The van der Waals surface area contributed by atoms with Gasteiger partial charge in [-0.3, -0.25) is 0 Å². The molecule has 1 aromatic carbocycles. The Balaban J connectivity index is 0.00000242. The first-order valence-electron chi connectivity index (χ1n) is 6.30. The molecule has 0 bridgehead atoms. The van der Waals surface area contributed by atoms with Crippen molar-refractivity contribution in [2.45, 2.75) is 30.0 Å². The first-order valence-corrected chi connectivity index (χ1v) is 8.16. The first kappa shape index (κ1) is 19.5. The van der Waals surface area contributed by atoms with Crippen LogP contribution in [0.25, 0.3) is 0 Å². The van der Waals surface area contributed by atoms with Gasteiger partial charge < -0.3 is 5.32 Å². The van der Waals surface area contributed by atoms with Crippen LogP contribution >= 0.6 is 24.0 Å². The Morgan fingerprint density at radius 1 is 1.36 bits per heavy atom. The van der Waals surface area contributed by atoms with Crippen molar-refractivity contribution in [3.05, 3.63) is 28.8 Å². The molecule has 1 aromatic rings. The molecular weight excluding hydrogens is 364 g/mol. The Kier molecular flexibility index (Phi) is 6.52. The molecule has 1 aliphatic heterocycles. The summed E-state index contributed by atoms with van der Waals surface area (Å²) in [7, 11) is -3.93. The summed E-state index contributed by atoms with van der Waals surface area (Å²) in [5.41, 5.74) is -0.982. The van der Waals surface area contributed by atoms with Crippen LogP contribution in [0.1, 0.15) is 18.4 Å². The highest BCUT2D eigenvalue weighted by Gasteiger charge is 2.32. The van der Waals surface area contributed by atoms with Gasteiger partial charge in [0, 0.05) is 12.6 Å². The molecule has 0 radical (unpaired) electrons. The third-order valence-electron chi connectivity index (χ3n) is 3.23. The highest BCUT2D eigenvalue weighted by molar-refractivity contribution is 7.89. The Labute approximate surface area is 137 Å². The first-order chi connectivity index (χ1) is 9.70. The standard InChI is InChI=1S/C12H14ClF3N2O2S.ClH/c13-10-6-8(12(14,15)16)3-4-11(10)21(19,20)18-7-9-2-1-5-17-9;/h3-4,6,9,17-18H,1-2,5,7H2;1H. The fourth-order valence-corrected chi connectivity index (χ4v) is 3.74. The zero-order chi connectivity index (χ0) is 15.7. The normalized spacial score (nSPS) is 19.0. The second-order valence-corrected chi connectivity index (χ2v) is 6.93. The smallest absolute Gasteiger partial charge is 0.313 e. The summed E-state index contributed by atoms with van der Waals surface area (Å²) in [5.74, 6) is 0. The average Bonchev–Trinajstić information content (AvgIpc) is 2.88. The van der Waals surface area contributed by atoms with E-state index in [4.69, 9.17) is 11.6 Å². The van der Waals surface area contributed by atoms with E-state index >= 15 is 0 Å². The molecule has 22 heavy (non-hydrogen) atoms. The van der Waals surface area contributed by atoms with E-state index in [0.29, 0.717) is 12.1 Å². The number of alkyl halides is 3. The molecule has 2 rings (SSSR count). The molecule has 4 nitrogen and oxygen atoms in total. The third-order valence-corrected chi connectivity index (χ3v) is 5.14. The number of benzene rings is 1. The van der Waals surface area contributed by atoms with Gasteiger partial charge in [-0.2, -0.15) is 13.2 Å². The van der Waals surface area contributed by atoms with Crippen LogP contribution in [0.3, 0.4) is 0 Å². The third kappa shape index (κ3) is 4.73. The van der Waals surface area contributed by atoms with Crippen LogP contribution in [0, 0.1) is 0 Å². The SMILES string of the molecule is Cl.O=S(=O)(NCC1CCCN1)c1ccc(C(F)(F)F)cc1Cl. The van der Waals surface area contributed by atoms with Crippen molar-refractivity contribution in [3.63, 3.8) is 0 Å². The van der Waals surface area contributed by atoms with Crippen LogP contribution in [-0.2, 0) is 16.2 Å². The molecular formula is C12H15Cl2F3N2O2S. The molecule has 0 saturated carbocycles. The Bertz CT molecular complexity index is 617. The molecule has 1 heterocycles. The lowest BCUT2D eigenvalue weighted by molar-refractivity contribution is -0.137. The highest BCUT2D eigenvalue weighted by Crippen LogP contribution is 2.33. The highest BCUT2D eigenvalue weighted by atomic mass is 35.5.